The Morgan fingerprint density at radius 3 is 2.62 bits per heavy atom. The van der Waals surface area contributed by atoms with Gasteiger partial charge in [-0.25, -0.2) is 0 Å². The molecule has 1 aromatic carbocycles. The van der Waals surface area contributed by atoms with Crippen LogP contribution < -0.4 is 10.6 Å². The van der Waals surface area contributed by atoms with Gasteiger partial charge < -0.3 is 10.6 Å². The van der Waals surface area contributed by atoms with Gasteiger partial charge in [0.15, 0.2) is 5.96 Å². The molecule has 1 aliphatic rings. The van der Waals surface area contributed by atoms with Crippen LogP contribution in [0.1, 0.15) is 23.3 Å². The van der Waals surface area contributed by atoms with Crippen LogP contribution in [-0.4, -0.2) is 37.0 Å². The zero-order valence-corrected chi connectivity index (χ0v) is 15.1. The van der Waals surface area contributed by atoms with Gasteiger partial charge >= 0.3 is 0 Å². The number of thiophene rings is 1. The molecule has 0 unspecified atom stereocenters. The van der Waals surface area contributed by atoms with Gasteiger partial charge in [-0.2, -0.15) is 0 Å². The smallest absolute Gasteiger partial charge is 0.191 e. The predicted molar refractivity (Wildman–Crippen MR) is 102 cm³/mol. The number of nitrogens with zero attached hydrogens (tertiary/aromatic N) is 2. The zero-order chi connectivity index (χ0) is 16.6. The number of likely N-dealkylation sites (tertiary alicyclic amines) is 1. The summed E-state index contributed by atoms with van der Waals surface area (Å²) in [4.78, 5) is 8.22. The van der Waals surface area contributed by atoms with E-state index in [1.807, 2.05) is 7.05 Å². The molecular weight excluding hydrogens is 316 g/mol. The fraction of sp³-hybridized carbons (Fsp3) is 0.421. The second kappa shape index (κ2) is 8.85. The van der Waals surface area contributed by atoms with E-state index in [9.17, 15) is 0 Å². The Bertz CT molecular complexity index is 616. The van der Waals surface area contributed by atoms with Gasteiger partial charge in [-0.15, -0.1) is 11.3 Å². The first kappa shape index (κ1) is 17.0. The average Bonchev–Trinajstić information content (AvgIpc) is 3.14. The summed E-state index contributed by atoms with van der Waals surface area (Å²) in [6, 6.07) is 15.5. The summed E-state index contributed by atoms with van der Waals surface area (Å²) >= 11 is 1.77. The summed E-state index contributed by atoms with van der Waals surface area (Å²) in [6.45, 7) is 4.16. The topological polar surface area (TPSA) is 39.7 Å². The largest absolute Gasteiger partial charge is 0.354 e. The molecule has 1 aliphatic heterocycles. The Hall–Kier alpha value is -1.85. The van der Waals surface area contributed by atoms with Crippen molar-refractivity contribution in [3.63, 3.8) is 0 Å². The van der Waals surface area contributed by atoms with Crippen LogP contribution in [-0.2, 0) is 13.1 Å². The van der Waals surface area contributed by atoms with Gasteiger partial charge in [0.2, 0.25) is 0 Å². The lowest BCUT2D eigenvalue weighted by molar-refractivity contribution is 0.198. The van der Waals surface area contributed by atoms with Crippen molar-refractivity contribution in [1.29, 1.82) is 0 Å². The summed E-state index contributed by atoms with van der Waals surface area (Å²) < 4.78 is 0. The number of nitrogens with one attached hydrogen (secondary N) is 2. The number of aliphatic imine (C=N–C) groups is 1. The monoisotopic (exact) mass is 342 g/mol. The van der Waals surface area contributed by atoms with Gasteiger partial charge in [0.05, 0.1) is 6.54 Å². The van der Waals surface area contributed by atoms with Gasteiger partial charge in [0.25, 0.3) is 0 Å². The normalized spacial score (nSPS) is 17.0. The maximum atomic E-state index is 4.35. The first-order valence-electron chi connectivity index (χ1n) is 8.59. The van der Waals surface area contributed by atoms with E-state index in [-0.39, 0.29) is 0 Å². The highest BCUT2D eigenvalue weighted by Crippen LogP contribution is 2.14. The van der Waals surface area contributed by atoms with Gasteiger partial charge in [-0.05, 0) is 29.9 Å². The summed E-state index contributed by atoms with van der Waals surface area (Å²) in [5.41, 5.74) is 1.40. The van der Waals surface area contributed by atoms with E-state index in [1.54, 1.807) is 11.3 Å². The molecule has 2 heterocycles. The van der Waals surface area contributed by atoms with Crippen molar-refractivity contribution in [1.82, 2.24) is 15.5 Å². The van der Waals surface area contributed by atoms with Crippen molar-refractivity contribution in [3.8, 4) is 0 Å². The van der Waals surface area contributed by atoms with Crippen LogP contribution in [0.25, 0.3) is 0 Å². The lowest BCUT2D eigenvalue weighted by atomic mass is 10.0. The maximum Gasteiger partial charge on any atom is 0.191 e. The molecule has 0 spiro atoms. The molecule has 24 heavy (non-hydrogen) atoms. The highest BCUT2D eigenvalue weighted by atomic mass is 32.1. The lowest BCUT2D eigenvalue weighted by Crippen LogP contribution is -2.48. The first-order chi connectivity index (χ1) is 11.8. The highest BCUT2D eigenvalue weighted by molar-refractivity contribution is 7.09. The maximum absolute atomic E-state index is 4.35. The van der Waals surface area contributed by atoms with Crippen LogP contribution in [0.3, 0.4) is 0 Å². The SMILES string of the molecule is CN=C(NCc1cccs1)NC1CCN(Cc2ccccc2)CC1. The third kappa shape index (κ3) is 5.08. The van der Waals surface area contributed by atoms with E-state index in [0.717, 1.165) is 45.0 Å². The minimum atomic E-state index is 0.506. The van der Waals surface area contributed by atoms with E-state index in [1.165, 1.54) is 10.4 Å². The van der Waals surface area contributed by atoms with Crippen LogP contribution in [0.5, 0.6) is 0 Å². The molecule has 2 N–H and O–H groups in total. The number of hydrogen-bond donors (Lipinski definition) is 2. The fourth-order valence-electron chi connectivity index (χ4n) is 3.05. The number of benzene rings is 1. The molecule has 0 saturated carbocycles. The van der Waals surface area contributed by atoms with Crippen molar-refractivity contribution in [2.45, 2.75) is 32.0 Å². The predicted octanol–water partition coefficient (Wildman–Crippen LogP) is 3.08. The minimum Gasteiger partial charge on any atom is -0.354 e. The Kier molecular flexibility index (Phi) is 6.26. The average molecular weight is 343 g/mol. The minimum absolute atomic E-state index is 0.506. The Morgan fingerprint density at radius 2 is 1.96 bits per heavy atom. The van der Waals surface area contributed by atoms with Gasteiger partial charge in [-0.3, -0.25) is 9.89 Å². The van der Waals surface area contributed by atoms with E-state index in [2.05, 4.69) is 68.4 Å². The lowest BCUT2D eigenvalue weighted by Gasteiger charge is -2.33. The van der Waals surface area contributed by atoms with E-state index < -0.39 is 0 Å². The van der Waals surface area contributed by atoms with Gasteiger partial charge in [0.1, 0.15) is 0 Å². The molecule has 128 valence electrons. The number of hydrogen-bond acceptors (Lipinski definition) is 3. The summed E-state index contributed by atoms with van der Waals surface area (Å²) in [5, 5.41) is 9.08. The van der Waals surface area contributed by atoms with Crippen molar-refractivity contribution in [2.75, 3.05) is 20.1 Å². The molecule has 1 aromatic heterocycles. The standard InChI is InChI=1S/C19H26N4S/c1-20-19(21-14-18-8-5-13-24-18)22-17-9-11-23(12-10-17)15-16-6-3-2-4-7-16/h2-8,13,17H,9-12,14-15H2,1H3,(H2,20,21,22). The van der Waals surface area contributed by atoms with Gasteiger partial charge in [0, 0.05) is 37.6 Å². The van der Waals surface area contributed by atoms with Crippen LogP contribution in [0.15, 0.2) is 52.8 Å². The zero-order valence-electron chi connectivity index (χ0n) is 14.2. The second-order valence-corrected chi connectivity index (χ2v) is 7.22. The van der Waals surface area contributed by atoms with E-state index in [0.29, 0.717) is 6.04 Å². The molecule has 0 radical (unpaired) electrons. The highest BCUT2D eigenvalue weighted by Gasteiger charge is 2.19. The molecule has 0 atom stereocenters. The molecule has 5 heteroatoms. The molecule has 1 fully saturated rings. The fourth-order valence-corrected chi connectivity index (χ4v) is 3.69. The van der Waals surface area contributed by atoms with E-state index >= 15 is 0 Å². The van der Waals surface area contributed by atoms with Gasteiger partial charge in [-0.1, -0.05) is 36.4 Å². The van der Waals surface area contributed by atoms with Crippen molar-refractivity contribution in [2.24, 2.45) is 4.99 Å². The first-order valence-corrected chi connectivity index (χ1v) is 9.47. The summed E-state index contributed by atoms with van der Waals surface area (Å²) in [6.07, 6.45) is 2.32. The van der Waals surface area contributed by atoms with Crippen LogP contribution in [0, 0.1) is 0 Å². The number of piperidine rings is 1. The van der Waals surface area contributed by atoms with Crippen LogP contribution in [0.2, 0.25) is 0 Å². The Labute approximate surface area is 148 Å². The number of rotatable bonds is 5. The molecule has 3 rings (SSSR count). The molecule has 2 aromatic rings. The van der Waals surface area contributed by atoms with Crippen LogP contribution in [0.4, 0.5) is 0 Å². The third-order valence-electron chi connectivity index (χ3n) is 4.41. The molecule has 4 nitrogen and oxygen atoms in total. The van der Waals surface area contributed by atoms with Crippen LogP contribution >= 0.6 is 11.3 Å². The molecule has 0 bridgehead atoms. The summed E-state index contributed by atoms with van der Waals surface area (Å²) in [5.74, 6) is 0.907. The number of guanidine groups is 1. The molecule has 0 aliphatic carbocycles. The Balaban J connectivity index is 1.41. The summed E-state index contributed by atoms with van der Waals surface area (Å²) in [7, 11) is 1.84. The molecule has 0 amide bonds. The van der Waals surface area contributed by atoms with Crippen molar-refractivity contribution >= 4 is 17.3 Å². The second-order valence-electron chi connectivity index (χ2n) is 6.19. The Morgan fingerprint density at radius 1 is 1.17 bits per heavy atom. The molecular formula is C19H26N4S. The van der Waals surface area contributed by atoms with Crippen molar-refractivity contribution in [3.05, 3.63) is 58.3 Å². The third-order valence-corrected chi connectivity index (χ3v) is 5.29. The molecule has 1 saturated heterocycles. The van der Waals surface area contributed by atoms with E-state index in [4.69, 9.17) is 0 Å². The van der Waals surface area contributed by atoms with Crippen molar-refractivity contribution < 1.29 is 0 Å². The quantitative estimate of drug-likeness (QED) is 0.648.